The van der Waals surface area contributed by atoms with Gasteiger partial charge in [-0.05, 0) is 112 Å². The third-order valence-electron chi connectivity index (χ3n) is 12.5. The minimum atomic E-state index is -0.367. The monoisotopic (exact) mass is 683 g/mol. The molecular weight excluding hydrogens is 639 g/mol. The summed E-state index contributed by atoms with van der Waals surface area (Å²) in [5.41, 5.74) is 18.6. The van der Waals surface area contributed by atoms with Gasteiger partial charge in [-0.2, -0.15) is 0 Å². The highest BCUT2D eigenvalue weighted by Crippen LogP contribution is 2.60. The molecule has 5 aromatic carbocycles. The number of fused-ring (bicyclic) bond motifs is 6. The Morgan fingerprint density at radius 3 is 2.06 bits per heavy atom. The number of para-hydroxylation sites is 1. The van der Waals surface area contributed by atoms with Gasteiger partial charge >= 0.3 is 0 Å². The fraction of sp³-hybridized carbons (Fsp3) is 0.192. The molecule has 53 heavy (non-hydrogen) atoms. The van der Waals surface area contributed by atoms with Crippen LogP contribution in [0.1, 0.15) is 73.8 Å². The minimum absolute atomic E-state index is 0.0689. The summed E-state index contributed by atoms with van der Waals surface area (Å²) in [5, 5.41) is 0. The van der Waals surface area contributed by atoms with Crippen LogP contribution in [0, 0.1) is 0 Å². The molecule has 0 spiro atoms. The standard InChI is InChI=1S/C52H45N/c1-51(2)46-27-15-12-25-42(46)44-32-30-39(34-48(44)51)53(50-29-17-14-24-41(50)36-18-6-3-7-19-36)40-31-33-45-43-26-13-16-28-47(43)52(49(45)35-40,37-20-8-4-9-21-37)38-22-10-5-11-23-38/h3-4,6-10,12,14-15,17-29,31-35,39H,5,11,13,16,30H2,1-2H3. The molecule has 0 aliphatic heterocycles. The molecule has 0 N–H and O–H groups in total. The summed E-state index contributed by atoms with van der Waals surface area (Å²) in [6.07, 6.45) is 22.8. The number of hydrogen-bond acceptors (Lipinski definition) is 1. The molecule has 2 atom stereocenters. The summed E-state index contributed by atoms with van der Waals surface area (Å²) in [7, 11) is 0. The Kier molecular flexibility index (Phi) is 7.55. The lowest BCUT2D eigenvalue weighted by molar-refractivity contribution is 0.644. The summed E-state index contributed by atoms with van der Waals surface area (Å²) in [6, 6.07) is 47.9. The van der Waals surface area contributed by atoms with Crippen LogP contribution in [-0.4, -0.2) is 6.04 Å². The number of nitrogens with zero attached hydrogens (tertiary/aromatic N) is 1. The molecule has 1 heteroatoms. The van der Waals surface area contributed by atoms with E-state index in [2.05, 4.69) is 189 Å². The van der Waals surface area contributed by atoms with Crippen molar-refractivity contribution in [3.63, 3.8) is 0 Å². The van der Waals surface area contributed by atoms with Gasteiger partial charge in [0.2, 0.25) is 0 Å². The van der Waals surface area contributed by atoms with Gasteiger partial charge in [-0.25, -0.2) is 0 Å². The molecule has 258 valence electrons. The van der Waals surface area contributed by atoms with Gasteiger partial charge in [0, 0.05) is 22.4 Å². The van der Waals surface area contributed by atoms with Crippen molar-refractivity contribution in [2.75, 3.05) is 4.90 Å². The van der Waals surface area contributed by atoms with Crippen LogP contribution in [-0.2, 0) is 10.8 Å². The van der Waals surface area contributed by atoms with Crippen LogP contribution in [0.5, 0.6) is 0 Å². The third-order valence-corrected chi connectivity index (χ3v) is 12.5. The van der Waals surface area contributed by atoms with Gasteiger partial charge in [0.05, 0.1) is 11.5 Å². The average molecular weight is 684 g/mol. The van der Waals surface area contributed by atoms with Crippen molar-refractivity contribution in [1.29, 1.82) is 0 Å². The average Bonchev–Trinajstić information content (AvgIpc) is 3.64. The zero-order chi connectivity index (χ0) is 35.6. The highest BCUT2D eigenvalue weighted by Gasteiger charge is 2.50. The van der Waals surface area contributed by atoms with Crippen LogP contribution in [0.3, 0.4) is 0 Å². The van der Waals surface area contributed by atoms with Crippen LogP contribution in [0.2, 0.25) is 0 Å². The van der Waals surface area contributed by atoms with E-state index in [1.807, 2.05) is 0 Å². The Morgan fingerprint density at radius 2 is 1.25 bits per heavy atom. The predicted molar refractivity (Wildman–Crippen MR) is 223 cm³/mol. The lowest BCUT2D eigenvalue weighted by Crippen LogP contribution is -2.33. The fourth-order valence-electron chi connectivity index (χ4n) is 10.2. The second-order valence-electron chi connectivity index (χ2n) is 15.7. The molecule has 5 aliphatic carbocycles. The molecule has 0 bridgehead atoms. The quantitative estimate of drug-likeness (QED) is 0.172. The first-order valence-electron chi connectivity index (χ1n) is 19.5. The summed E-state index contributed by atoms with van der Waals surface area (Å²) >= 11 is 0. The molecule has 5 aromatic rings. The van der Waals surface area contributed by atoms with Crippen molar-refractivity contribution in [2.24, 2.45) is 0 Å². The van der Waals surface area contributed by atoms with Crippen molar-refractivity contribution in [3.8, 4) is 11.1 Å². The summed E-state index contributed by atoms with van der Waals surface area (Å²) in [6.45, 7) is 4.81. The summed E-state index contributed by atoms with van der Waals surface area (Å²) in [5.74, 6) is 0. The highest BCUT2D eigenvalue weighted by molar-refractivity contribution is 5.97. The number of allylic oxidation sites excluding steroid dienone is 10. The SMILES string of the molecule is CC1(C)C2=CC(N(c3ccc4c(c3)C(C3=CCCC=C3)(c3ccccc3)C3=CCCC=C34)c3ccccc3-c3ccccc3)CC=C2c2ccccc21. The Balaban J connectivity index is 1.22. The number of benzene rings is 5. The molecule has 2 unspecified atom stereocenters. The Bertz CT molecular complexity index is 2450. The predicted octanol–water partition coefficient (Wildman–Crippen LogP) is 13.2. The van der Waals surface area contributed by atoms with Crippen molar-refractivity contribution in [2.45, 2.75) is 62.8 Å². The first-order valence-corrected chi connectivity index (χ1v) is 19.5. The normalized spacial score (nSPS) is 21.9. The molecule has 1 nitrogen and oxygen atoms in total. The molecule has 0 fully saturated rings. The van der Waals surface area contributed by atoms with E-state index in [4.69, 9.17) is 0 Å². The maximum Gasteiger partial charge on any atom is 0.0707 e. The zero-order valence-electron chi connectivity index (χ0n) is 30.7. The lowest BCUT2D eigenvalue weighted by atomic mass is 9.65. The van der Waals surface area contributed by atoms with E-state index in [9.17, 15) is 0 Å². The molecular formula is C52H45N. The molecule has 0 radical (unpaired) electrons. The van der Waals surface area contributed by atoms with E-state index in [0.29, 0.717) is 0 Å². The van der Waals surface area contributed by atoms with Gasteiger partial charge in [-0.3, -0.25) is 0 Å². The maximum atomic E-state index is 2.66. The summed E-state index contributed by atoms with van der Waals surface area (Å²) in [4.78, 5) is 2.66. The Hall–Kier alpha value is -5.66. The first-order chi connectivity index (χ1) is 26.1. The molecule has 0 amide bonds. The van der Waals surface area contributed by atoms with Crippen molar-refractivity contribution in [3.05, 3.63) is 214 Å². The van der Waals surface area contributed by atoms with Gasteiger partial charge < -0.3 is 4.90 Å². The van der Waals surface area contributed by atoms with E-state index in [0.717, 1.165) is 32.1 Å². The van der Waals surface area contributed by atoms with Gasteiger partial charge in [0.15, 0.2) is 0 Å². The molecule has 0 aromatic heterocycles. The topological polar surface area (TPSA) is 3.24 Å². The van der Waals surface area contributed by atoms with Crippen LogP contribution < -0.4 is 4.90 Å². The van der Waals surface area contributed by atoms with Crippen molar-refractivity contribution >= 4 is 22.5 Å². The van der Waals surface area contributed by atoms with E-state index in [1.165, 1.54) is 78.2 Å². The van der Waals surface area contributed by atoms with Gasteiger partial charge in [0.25, 0.3) is 0 Å². The maximum absolute atomic E-state index is 2.66. The van der Waals surface area contributed by atoms with E-state index >= 15 is 0 Å². The molecule has 5 aliphatic rings. The van der Waals surface area contributed by atoms with Crippen LogP contribution >= 0.6 is 0 Å². The lowest BCUT2D eigenvalue weighted by Gasteiger charge is -2.39. The molecule has 0 saturated heterocycles. The first kappa shape index (κ1) is 32.0. The molecule has 0 heterocycles. The van der Waals surface area contributed by atoms with Crippen molar-refractivity contribution in [1.82, 2.24) is 0 Å². The van der Waals surface area contributed by atoms with Gasteiger partial charge in [-0.15, -0.1) is 0 Å². The van der Waals surface area contributed by atoms with Crippen LogP contribution in [0.15, 0.2) is 187 Å². The van der Waals surface area contributed by atoms with E-state index in [1.54, 1.807) is 0 Å². The third kappa shape index (κ3) is 4.83. The number of anilines is 2. The Morgan fingerprint density at radius 1 is 0.566 bits per heavy atom. The largest absolute Gasteiger partial charge is 0.334 e. The van der Waals surface area contributed by atoms with E-state index in [-0.39, 0.29) is 16.9 Å². The second-order valence-corrected chi connectivity index (χ2v) is 15.7. The Labute approximate surface area is 314 Å². The second kappa shape index (κ2) is 12.5. The molecule has 10 rings (SSSR count). The van der Waals surface area contributed by atoms with E-state index < -0.39 is 0 Å². The van der Waals surface area contributed by atoms with Gasteiger partial charge in [-0.1, -0.05) is 166 Å². The van der Waals surface area contributed by atoms with Crippen LogP contribution in [0.4, 0.5) is 11.4 Å². The highest BCUT2D eigenvalue weighted by atomic mass is 15.2. The number of rotatable bonds is 6. The minimum Gasteiger partial charge on any atom is -0.334 e. The number of hydrogen-bond donors (Lipinski definition) is 0. The van der Waals surface area contributed by atoms with Crippen molar-refractivity contribution < 1.29 is 0 Å². The zero-order valence-corrected chi connectivity index (χ0v) is 30.7. The van der Waals surface area contributed by atoms with Gasteiger partial charge in [0.1, 0.15) is 0 Å². The smallest absolute Gasteiger partial charge is 0.0707 e. The summed E-state index contributed by atoms with van der Waals surface area (Å²) < 4.78 is 0. The van der Waals surface area contributed by atoms with Crippen LogP contribution in [0.25, 0.3) is 22.3 Å². The molecule has 0 saturated carbocycles. The fourth-order valence-corrected chi connectivity index (χ4v) is 10.2.